The smallest absolute Gasteiger partial charge is 0.251 e. The van der Waals surface area contributed by atoms with Gasteiger partial charge in [-0.1, -0.05) is 26.2 Å². The van der Waals surface area contributed by atoms with Gasteiger partial charge in [0.2, 0.25) is 0 Å². The summed E-state index contributed by atoms with van der Waals surface area (Å²) in [6.07, 6.45) is 7.57. The van der Waals surface area contributed by atoms with Crippen molar-refractivity contribution in [1.82, 2.24) is 5.32 Å². The van der Waals surface area contributed by atoms with Crippen molar-refractivity contribution in [3.63, 3.8) is 0 Å². The van der Waals surface area contributed by atoms with Gasteiger partial charge < -0.3 is 10.2 Å². The molecule has 0 radical (unpaired) electrons. The van der Waals surface area contributed by atoms with E-state index in [1.165, 1.54) is 37.8 Å². The van der Waals surface area contributed by atoms with E-state index in [0.717, 1.165) is 12.0 Å². The van der Waals surface area contributed by atoms with Crippen LogP contribution in [0.25, 0.3) is 0 Å². The lowest BCUT2D eigenvalue weighted by Crippen LogP contribution is -2.33. The molecule has 116 valence electrons. The molecule has 1 fully saturated rings. The maximum absolute atomic E-state index is 12.1. The van der Waals surface area contributed by atoms with Gasteiger partial charge in [-0.3, -0.25) is 4.79 Å². The first-order chi connectivity index (χ1) is 10.1. The van der Waals surface area contributed by atoms with Gasteiger partial charge in [0.1, 0.15) is 0 Å². The highest BCUT2D eigenvalue weighted by molar-refractivity contribution is 5.94. The highest BCUT2D eigenvalue weighted by Gasteiger charge is 2.18. The van der Waals surface area contributed by atoms with Crippen LogP contribution in [0, 0.1) is 0 Å². The molecule has 1 amide bonds. The molecule has 1 atom stereocenters. The molecule has 2 rings (SSSR count). The SMILES string of the molecule is CCC(C)NC(=O)c1ccc(N(C)C2CCCCC2)cc1. The Hall–Kier alpha value is -1.51. The minimum absolute atomic E-state index is 0.0243. The average molecular weight is 288 g/mol. The molecule has 21 heavy (non-hydrogen) atoms. The number of carbonyl (C=O) groups excluding carboxylic acids is 1. The van der Waals surface area contributed by atoms with Gasteiger partial charge in [0.15, 0.2) is 0 Å². The highest BCUT2D eigenvalue weighted by atomic mass is 16.1. The standard InChI is InChI=1S/C18H28N2O/c1-4-14(2)19-18(21)15-10-12-17(13-11-15)20(3)16-8-6-5-7-9-16/h10-14,16H,4-9H2,1-3H3,(H,19,21). The molecule has 1 aliphatic rings. The van der Waals surface area contributed by atoms with E-state index in [9.17, 15) is 4.79 Å². The molecule has 1 aromatic carbocycles. The Morgan fingerprint density at radius 3 is 2.43 bits per heavy atom. The predicted octanol–water partition coefficient (Wildman–Crippen LogP) is 3.98. The summed E-state index contributed by atoms with van der Waals surface area (Å²) in [5, 5.41) is 3.01. The van der Waals surface area contributed by atoms with Crippen LogP contribution in [0.2, 0.25) is 0 Å². The van der Waals surface area contributed by atoms with Crippen LogP contribution in [0.15, 0.2) is 24.3 Å². The van der Waals surface area contributed by atoms with Crippen molar-refractivity contribution >= 4 is 11.6 Å². The second kappa shape index (κ2) is 7.48. The molecule has 0 saturated heterocycles. The van der Waals surface area contributed by atoms with Crippen LogP contribution in [0.1, 0.15) is 62.7 Å². The lowest BCUT2D eigenvalue weighted by Gasteiger charge is -2.33. The third-order valence-electron chi connectivity index (χ3n) is 4.65. The van der Waals surface area contributed by atoms with E-state index in [4.69, 9.17) is 0 Å². The molecule has 1 aliphatic carbocycles. The lowest BCUT2D eigenvalue weighted by molar-refractivity contribution is 0.0939. The van der Waals surface area contributed by atoms with E-state index < -0.39 is 0 Å². The van der Waals surface area contributed by atoms with Crippen molar-refractivity contribution < 1.29 is 4.79 Å². The third-order valence-corrected chi connectivity index (χ3v) is 4.65. The van der Waals surface area contributed by atoms with E-state index in [1.54, 1.807) is 0 Å². The maximum atomic E-state index is 12.1. The minimum atomic E-state index is 0.0243. The highest BCUT2D eigenvalue weighted by Crippen LogP contribution is 2.26. The zero-order valence-corrected chi connectivity index (χ0v) is 13.6. The molecular formula is C18H28N2O. The van der Waals surface area contributed by atoms with E-state index >= 15 is 0 Å². The summed E-state index contributed by atoms with van der Waals surface area (Å²) in [6.45, 7) is 4.11. The lowest BCUT2D eigenvalue weighted by atomic mass is 9.94. The summed E-state index contributed by atoms with van der Waals surface area (Å²) >= 11 is 0. The molecule has 0 heterocycles. The quantitative estimate of drug-likeness (QED) is 0.888. The van der Waals surface area contributed by atoms with Crippen molar-refractivity contribution in [2.24, 2.45) is 0 Å². The van der Waals surface area contributed by atoms with E-state index in [2.05, 4.69) is 36.3 Å². The summed E-state index contributed by atoms with van der Waals surface area (Å²) in [5.41, 5.74) is 1.96. The fourth-order valence-electron chi connectivity index (χ4n) is 2.94. The molecule has 1 saturated carbocycles. The molecule has 1 unspecified atom stereocenters. The largest absolute Gasteiger partial charge is 0.372 e. The summed E-state index contributed by atoms with van der Waals surface area (Å²) < 4.78 is 0. The molecule has 0 aromatic heterocycles. The Labute approximate surface area is 128 Å². The normalized spacial score (nSPS) is 17.3. The van der Waals surface area contributed by atoms with Crippen molar-refractivity contribution in [2.75, 3.05) is 11.9 Å². The van der Waals surface area contributed by atoms with E-state index in [0.29, 0.717) is 6.04 Å². The summed E-state index contributed by atoms with van der Waals surface area (Å²) in [5.74, 6) is 0.0243. The topological polar surface area (TPSA) is 32.3 Å². The molecule has 3 nitrogen and oxygen atoms in total. The molecule has 3 heteroatoms. The van der Waals surface area contributed by atoms with Crippen molar-refractivity contribution in [2.45, 2.75) is 64.5 Å². The van der Waals surface area contributed by atoms with Gasteiger partial charge in [-0.05, 0) is 50.5 Å². The Bertz CT molecular complexity index is 449. The van der Waals surface area contributed by atoms with Crippen molar-refractivity contribution in [1.29, 1.82) is 0 Å². The van der Waals surface area contributed by atoms with Crippen LogP contribution in [0.3, 0.4) is 0 Å². The van der Waals surface area contributed by atoms with Crippen LogP contribution in [0.5, 0.6) is 0 Å². The van der Waals surface area contributed by atoms with Crippen LogP contribution in [-0.2, 0) is 0 Å². The molecular weight excluding hydrogens is 260 g/mol. The number of anilines is 1. The fraction of sp³-hybridized carbons (Fsp3) is 0.611. The van der Waals surface area contributed by atoms with Crippen LogP contribution in [0.4, 0.5) is 5.69 Å². The van der Waals surface area contributed by atoms with Gasteiger partial charge >= 0.3 is 0 Å². The number of rotatable bonds is 5. The van der Waals surface area contributed by atoms with Gasteiger partial charge in [-0.25, -0.2) is 0 Å². The number of hydrogen-bond donors (Lipinski definition) is 1. The first-order valence-corrected chi connectivity index (χ1v) is 8.25. The molecule has 1 aromatic rings. The zero-order valence-electron chi connectivity index (χ0n) is 13.6. The van der Waals surface area contributed by atoms with Crippen LogP contribution >= 0.6 is 0 Å². The van der Waals surface area contributed by atoms with Gasteiger partial charge in [0, 0.05) is 30.4 Å². The Kier molecular flexibility index (Phi) is 5.66. The van der Waals surface area contributed by atoms with Crippen LogP contribution < -0.4 is 10.2 Å². The van der Waals surface area contributed by atoms with Gasteiger partial charge in [0.05, 0.1) is 0 Å². The minimum Gasteiger partial charge on any atom is -0.372 e. The van der Waals surface area contributed by atoms with Gasteiger partial charge in [-0.15, -0.1) is 0 Å². The first kappa shape index (κ1) is 15.9. The first-order valence-electron chi connectivity index (χ1n) is 8.25. The monoisotopic (exact) mass is 288 g/mol. The second-order valence-electron chi connectivity index (χ2n) is 6.23. The molecule has 0 spiro atoms. The summed E-state index contributed by atoms with van der Waals surface area (Å²) in [7, 11) is 2.17. The third kappa shape index (κ3) is 4.23. The Morgan fingerprint density at radius 2 is 1.86 bits per heavy atom. The van der Waals surface area contributed by atoms with Crippen molar-refractivity contribution in [3.8, 4) is 0 Å². The predicted molar refractivity (Wildman–Crippen MR) is 88.9 cm³/mol. The Morgan fingerprint density at radius 1 is 1.24 bits per heavy atom. The number of nitrogens with zero attached hydrogens (tertiary/aromatic N) is 1. The summed E-state index contributed by atoms with van der Waals surface area (Å²) in [6, 6.07) is 8.89. The maximum Gasteiger partial charge on any atom is 0.251 e. The second-order valence-corrected chi connectivity index (χ2v) is 6.23. The number of amides is 1. The summed E-state index contributed by atoms with van der Waals surface area (Å²) in [4.78, 5) is 14.4. The number of carbonyl (C=O) groups is 1. The number of nitrogens with one attached hydrogen (secondary N) is 1. The van der Waals surface area contributed by atoms with Gasteiger partial charge in [-0.2, -0.15) is 0 Å². The Balaban J connectivity index is 1.99. The van der Waals surface area contributed by atoms with E-state index in [-0.39, 0.29) is 11.9 Å². The van der Waals surface area contributed by atoms with Crippen molar-refractivity contribution in [3.05, 3.63) is 29.8 Å². The molecule has 0 aliphatic heterocycles. The van der Waals surface area contributed by atoms with Crippen LogP contribution in [-0.4, -0.2) is 25.0 Å². The zero-order chi connectivity index (χ0) is 15.2. The van der Waals surface area contributed by atoms with E-state index in [1.807, 2.05) is 19.1 Å². The number of benzene rings is 1. The average Bonchev–Trinajstić information content (AvgIpc) is 2.55. The number of hydrogen-bond acceptors (Lipinski definition) is 2. The fourth-order valence-corrected chi connectivity index (χ4v) is 2.94. The molecule has 1 N–H and O–H groups in total. The molecule has 0 bridgehead atoms. The van der Waals surface area contributed by atoms with Gasteiger partial charge in [0.25, 0.3) is 5.91 Å².